The minimum absolute atomic E-state index is 0.262. The van der Waals surface area contributed by atoms with Gasteiger partial charge in [-0.05, 0) is 80.1 Å². The molecule has 3 aromatic carbocycles. The topological polar surface area (TPSA) is 79.9 Å². The second-order valence-corrected chi connectivity index (χ2v) is 10.2. The molecule has 0 spiro atoms. The number of fused-ring (bicyclic) bond motifs is 4. The van der Waals surface area contributed by atoms with Crippen molar-refractivity contribution in [3.05, 3.63) is 119 Å². The van der Waals surface area contributed by atoms with E-state index in [1.165, 1.54) is 0 Å². The zero-order chi connectivity index (χ0) is 27.9. The molecule has 0 saturated carbocycles. The number of ether oxygens (including phenoxy) is 1. The maximum Gasteiger partial charge on any atom is 0.179 e. The van der Waals surface area contributed by atoms with E-state index in [4.69, 9.17) is 31.4 Å². The van der Waals surface area contributed by atoms with Gasteiger partial charge in [0.25, 0.3) is 0 Å². The van der Waals surface area contributed by atoms with E-state index < -0.39 is 0 Å². The molecular weight excluding hydrogens is 534 g/mol. The molecule has 202 valence electrons. The third-order valence-corrected chi connectivity index (χ3v) is 7.33. The summed E-state index contributed by atoms with van der Waals surface area (Å²) >= 11 is 6.55. The Hall–Kier alpha value is -4.95. The number of pyridine rings is 1. The fourth-order valence-corrected chi connectivity index (χ4v) is 5.57. The SMILES string of the molecule is CCOc1ccc(NC2=Nc3ccccc3N3C2=Nc2c(c(C)nn2-c2ccccn2)C3c2cccc(Cl)c2)cc1. The quantitative estimate of drug-likeness (QED) is 0.242. The number of nitrogens with one attached hydrogen (secondary N) is 1. The predicted molar refractivity (Wildman–Crippen MR) is 164 cm³/mol. The van der Waals surface area contributed by atoms with Crippen LogP contribution in [-0.2, 0) is 0 Å². The summed E-state index contributed by atoms with van der Waals surface area (Å²) in [6.45, 7) is 4.59. The van der Waals surface area contributed by atoms with Crippen molar-refractivity contribution in [2.24, 2.45) is 9.98 Å². The smallest absolute Gasteiger partial charge is 0.179 e. The van der Waals surface area contributed by atoms with Crippen LogP contribution >= 0.6 is 11.6 Å². The summed E-state index contributed by atoms with van der Waals surface area (Å²) in [5.41, 5.74) is 5.52. The van der Waals surface area contributed by atoms with E-state index in [0.717, 1.165) is 39.6 Å². The van der Waals surface area contributed by atoms with Gasteiger partial charge >= 0.3 is 0 Å². The number of hydrogen-bond donors (Lipinski definition) is 1. The molecule has 1 N–H and O–H groups in total. The van der Waals surface area contributed by atoms with E-state index in [1.54, 1.807) is 6.20 Å². The summed E-state index contributed by atoms with van der Waals surface area (Å²) in [5, 5.41) is 9.11. The van der Waals surface area contributed by atoms with Crippen LogP contribution in [0.2, 0.25) is 5.02 Å². The number of nitrogens with zero attached hydrogens (tertiary/aromatic N) is 6. The minimum atomic E-state index is -0.262. The highest BCUT2D eigenvalue weighted by atomic mass is 35.5. The standard InChI is InChI=1S/C32H26ClN7O/c1-3-41-24-16-14-23(15-17-24)35-30-32-37-31-28(20(2)38-40(31)27-13-6-7-18-34-27)29(21-9-8-10-22(33)19-21)39(32)26-12-5-4-11-25(26)36-30/h4-19,29H,3H2,1-2H3,(H,35,36). The molecule has 1 atom stereocenters. The first-order valence-electron chi connectivity index (χ1n) is 13.4. The number of aromatic nitrogens is 3. The normalized spacial score (nSPS) is 15.3. The number of aryl methyl sites for hydroxylation is 1. The molecular formula is C32H26ClN7O. The van der Waals surface area contributed by atoms with Crippen molar-refractivity contribution in [2.45, 2.75) is 19.9 Å². The lowest BCUT2D eigenvalue weighted by atomic mass is 9.93. The Morgan fingerprint density at radius 3 is 2.54 bits per heavy atom. The van der Waals surface area contributed by atoms with Gasteiger partial charge in [-0.15, -0.1) is 0 Å². The van der Waals surface area contributed by atoms with Crippen LogP contribution in [0.15, 0.2) is 107 Å². The van der Waals surface area contributed by atoms with Crippen LogP contribution in [0.3, 0.4) is 0 Å². The summed E-state index contributed by atoms with van der Waals surface area (Å²) in [4.78, 5) is 17.1. The predicted octanol–water partition coefficient (Wildman–Crippen LogP) is 7.42. The molecule has 0 aliphatic carbocycles. The molecule has 0 bridgehead atoms. The lowest BCUT2D eigenvalue weighted by Crippen LogP contribution is -2.46. The fourth-order valence-electron chi connectivity index (χ4n) is 5.37. The number of rotatable bonds is 5. The van der Waals surface area contributed by atoms with E-state index in [1.807, 2.05) is 97.4 Å². The molecule has 1 unspecified atom stereocenters. The van der Waals surface area contributed by atoms with Gasteiger partial charge in [-0.3, -0.25) is 0 Å². The Labute approximate surface area is 242 Å². The van der Waals surface area contributed by atoms with Crippen molar-refractivity contribution in [1.29, 1.82) is 0 Å². The third-order valence-electron chi connectivity index (χ3n) is 7.10. The van der Waals surface area contributed by atoms with Crippen molar-refractivity contribution >= 4 is 46.2 Å². The van der Waals surface area contributed by atoms with Crippen molar-refractivity contribution in [3.8, 4) is 11.6 Å². The highest BCUT2D eigenvalue weighted by Crippen LogP contribution is 2.48. The van der Waals surface area contributed by atoms with E-state index >= 15 is 0 Å². The second-order valence-electron chi connectivity index (χ2n) is 9.72. The lowest BCUT2D eigenvalue weighted by molar-refractivity contribution is 0.340. The molecule has 41 heavy (non-hydrogen) atoms. The van der Waals surface area contributed by atoms with Crippen LogP contribution in [0.4, 0.5) is 22.9 Å². The summed E-state index contributed by atoms with van der Waals surface area (Å²) < 4.78 is 7.44. The molecule has 8 nitrogen and oxygen atoms in total. The van der Waals surface area contributed by atoms with Crippen LogP contribution in [0, 0.1) is 6.92 Å². The molecule has 7 rings (SSSR count). The van der Waals surface area contributed by atoms with E-state index in [-0.39, 0.29) is 6.04 Å². The molecule has 0 radical (unpaired) electrons. The molecule has 2 aliphatic rings. The number of para-hydroxylation sites is 2. The van der Waals surface area contributed by atoms with Crippen molar-refractivity contribution in [2.75, 3.05) is 16.8 Å². The lowest BCUT2D eigenvalue weighted by Gasteiger charge is -2.40. The number of hydrogen-bond acceptors (Lipinski definition) is 7. The van der Waals surface area contributed by atoms with Gasteiger partial charge in [0.1, 0.15) is 5.75 Å². The maximum atomic E-state index is 6.55. The van der Waals surface area contributed by atoms with E-state index in [2.05, 4.69) is 27.3 Å². The largest absolute Gasteiger partial charge is 0.494 e. The number of amidine groups is 2. The Balaban J connectivity index is 1.45. The van der Waals surface area contributed by atoms with Crippen LogP contribution in [-0.4, -0.2) is 33.0 Å². The van der Waals surface area contributed by atoms with Crippen molar-refractivity contribution in [3.63, 3.8) is 0 Å². The molecule has 0 fully saturated rings. The second kappa shape index (κ2) is 10.2. The van der Waals surface area contributed by atoms with Gasteiger partial charge in [-0.2, -0.15) is 9.78 Å². The molecule has 9 heteroatoms. The Morgan fingerprint density at radius 2 is 1.76 bits per heavy atom. The van der Waals surface area contributed by atoms with Crippen molar-refractivity contribution < 1.29 is 4.74 Å². The maximum absolute atomic E-state index is 6.55. The number of anilines is 2. The first-order chi connectivity index (χ1) is 20.1. The zero-order valence-electron chi connectivity index (χ0n) is 22.5. The van der Waals surface area contributed by atoms with Crippen LogP contribution in [0.25, 0.3) is 5.82 Å². The first-order valence-corrected chi connectivity index (χ1v) is 13.8. The average molecular weight is 560 g/mol. The Morgan fingerprint density at radius 1 is 0.927 bits per heavy atom. The fraction of sp³-hybridized carbons (Fsp3) is 0.125. The number of halogens is 1. The zero-order valence-corrected chi connectivity index (χ0v) is 23.2. The molecule has 2 aromatic heterocycles. The number of benzene rings is 3. The van der Waals surface area contributed by atoms with Gasteiger partial charge in [0, 0.05) is 22.5 Å². The summed E-state index contributed by atoms with van der Waals surface area (Å²) in [7, 11) is 0. The van der Waals surface area contributed by atoms with Crippen LogP contribution < -0.4 is 15.0 Å². The van der Waals surface area contributed by atoms with Gasteiger partial charge < -0.3 is 15.0 Å². The van der Waals surface area contributed by atoms with Gasteiger partial charge in [-0.1, -0.05) is 41.9 Å². The Kier molecular flexibility index (Phi) is 6.24. The highest BCUT2D eigenvalue weighted by molar-refractivity contribution is 6.51. The van der Waals surface area contributed by atoms with Crippen LogP contribution in [0.1, 0.15) is 29.8 Å². The third kappa shape index (κ3) is 4.42. The minimum Gasteiger partial charge on any atom is -0.494 e. The summed E-state index contributed by atoms with van der Waals surface area (Å²) in [5.74, 6) is 3.50. The van der Waals surface area contributed by atoms with Crippen LogP contribution in [0.5, 0.6) is 5.75 Å². The van der Waals surface area contributed by atoms with Gasteiger partial charge in [0.15, 0.2) is 23.3 Å². The van der Waals surface area contributed by atoms with Gasteiger partial charge in [-0.25, -0.2) is 15.0 Å². The molecule has 0 saturated heterocycles. The number of aliphatic imine (C=N–C) groups is 2. The highest BCUT2D eigenvalue weighted by Gasteiger charge is 2.41. The molecule has 0 amide bonds. The van der Waals surface area contributed by atoms with E-state index in [0.29, 0.717) is 34.9 Å². The molecule has 4 heterocycles. The van der Waals surface area contributed by atoms with Crippen molar-refractivity contribution in [1.82, 2.24) is 14.8 Å². The van der Waals surface area contributed by atoms with Gasteiger partial charge in [0.2, 0.25) is 0 Å². The Bertz CT molecular complexity index is 1810. The summed E-state index contributed by atoms with van der Waals surface area (Å²) in [6.07, 6.45) is 1.76. The molecule has 2 aliphatic heterocycles. The summed E-state index contributed by atoms with van der Waals surface area (Å²) in [6, 6.07) is 29.4. The van der Waals surface area contributed by atoms with E-state index in [9.17, 15) is 0 Å². The average Bonchev–Trinajstić information content (AvgIpc) is 3.33. The first kappa shape index (κ1) is 25.0. The monoisotopic (exact) mass is 559 g/mol. The van der Waals surface area contributed by atoms with Gasteiger partial charge in [0.05, 0.1) is 29.7 Å². The molecule has 5 aromatic rings.